The van der Waals surface area contributed by atoms with E-state index in [-0.39, 0.29) is 23.9 Å². The van der Waals surface area contributed by atoms with Gasteiger partial charge in [-0.3, -0.25) is 10.1 Å². The molecule has 5 nitrogen and oxygen atoms in total. The minimum atomic E-state index is -0.321. The third kappa shape index (κ3) is 2.38. The topological polar surface area (TPSA) is 62.3 Å². The Morgan fingerprint density at radius 3 is 2.94 bits per heavy atom. The second kappa shape index (κ2) is 5.06. The van der Waals surface area contributed by atoms with Crippen molar-refractivity contribution in [3.8, 4) is 0 Å². The second-order valence-corrected chi connectivity index (χ2v) is 5.69. The molecule has 1 fully saturated rings. The highest BCUT2D eigenvalue weighted by Gasteiger charge is 2.33. The Balaban J connectivity index is 2.15. The summed E-state index contributed by atoms with van der Waals surface area (Å²) in [4.78, 5) is 30.4. The van der Waals surface area contributed by atoms with E-state index in [1.54, 1.807) is 16.2 Å². The zero-order valence-electron chi connectivity index (χ0n) is 10.8. The summed E-state index contributed by atoms with van der Waals surface area (Å²) in [6, 6.07) is -0.412. The lowest BCUT2D eigenvalue weighted by atomic mass is 10.1. The number of rotatable bonds is 3. The molecule has 2 atom stereocenters. The smallest absolute Gasteiger partial charge is 0.314 e. The maximum Gasteiger partial charge on any atom is 0.324 e. The summed E-state index contributed by atoms with van der Waals surface area (Å²) in [5, 5.41) is 3.30. The van der Waals surface area contributed by atoms with Crippen molar-refractivity contribution in [2.24, 2.45) is 5.92 Å². The van der Waals surface area contributed by atoms with Crippen LogP contribution in [-0.4, -0.2) is 28.4 Å². The number of aryl methyl sites for hydroxylation is 1. The SMILES string of the molecule is CCc1cnc(C(C)N2CC(C)C(=O)NC2=O)s1. The van der Waals surface area contributed by atoms with Gasteiger partial charge >= 0.3 is 6.03 Å². The van der Waals surface area contributed by atoms with E-state index in [1.807, 2.05) is 20.0 Å². The number of urea groups is 1. The summed E-state index contributed by atoms with van der Waals surface area (Å²) in [5.74, 6) is -0.368. The first kappa shape index (κ1) is 13.0. The Morgan fingerprint density at radius 2 is 2.33 bits per heavy atom. The number of imide groups is 1. The highest BCUT2D eigenvalue weighted by atomic mass is 32.1. The number of thiazole rings is 1. The van der Waals surface area contributed by atoms with Crippen LogP contribution in [-0.2, 0) is 11.2 Å². The van der Waals surface area contributed by atoms with Gasteiger partial charge in [-0.25, -0.2) is 9.78 Å². The molecule has 0 spiro atoms. The monoisotopic (exact) mass is 267 g/mol. The van der Waals surface area contributed by atoms with Crippen molar-refractivity contribution in [1.82, 2.24) is 15.2 Å². The molecule has 18 heavy (non-hydrogen) atoms. The quantitative estimate of drug-likeness (QED) is 0.910. The number of carbonyl (C=O) groups is 2. The molecule has 0 aromatic carbocycles. The zero-order valence-corrected chi connectivity index (χ0v) is 11.6. The molecule has 0 radical (unpaired) electrons. The van der Waals surface area contributed by atoms with E-state index in [2.05, 4.69) is 17.2 Å². The maximum absolute atomic E-state index is 11.8. The Bertz CT molecular complexity index is 472. The van der Waals surface area contributed by atoms with Gasteiger partial charge in [0, 0.05) is 17.6 Å². The van der Waals surface area contributed by atoms with Crippen LogP contribution in [0.4, 0.5) is 4.79 Å². The third-order valence-corrected chi connectivity index (χ3v) is 4.47. The van der Waals surface area contributed by atoms with Gasteiger partial charge in [-0.05, 0) is 13.3 Å². The fourth-order valence-corrected chi connectivity index (χ4v) is 2.83. The predicted octanol–water partition coefficient (Wildman–Crippen LogP) is 1.95. The molecule has 1 aromatic rings. The van der Waals surface area contributed by atoms with Crippen LogP contribution in [0.15, 0.2) is 6.20 Å². The molecule has 3 amide bonds. The minimum absolute atomic E-state index is 0.0918. The molecule has 0 saturated carbocycles. The van der Waals surface area contributed by atoms with Gasteiger partial charge < -0.3 is 4.90 Å². The first-order valence-corrected chi connectivity index (χ1v) is 6.90. The van der Waals surface area contributed by atoms with Crippen molar-refractivity contribution in [2.45, 2.75) is 33.2 Å². The summed E-state index contributed by atoms with van der Waals surface area (Å²) in [5.41, 5.74) is 0. The Kier molecular flexibility index (Phi) is 3.65. The van der Waals surface area contributed by atoms with Crippen LogP contribution in [0.2, 0.25) is 0 Å². The van der Waals surface area contributed by atoms with Gasteiger partial charge in [0.15, 0.2) is 0 Å². The lowest BCUT2D eigenvalue weighted by Crippen LogP contribution is -2.54. The van der Waals surface area contributed by atoms with Crippen LogP contribution in [0.25, 0.3) is 0 Å². The Morgan fingerprint density at radius 1 is 1.61 bits per heavy atom. The van der Waals surface area contributed by atoms with Crippen LogP contribution in [0.3, 0.4) is 0 Å². The van der Waals surface area contributed by atoms with Gasteiger partial charge in [-0.2, -0.15) is 0 Å². The first-order chi connectivity index (χ1) is 8.52. The van der Waals surface area contributed by atoms with Crippen molar-refractivity contribution < 1.29 is 9.59 Å². The summed E-state index contributed by atoms with van der Waals surface area (Å²) in [6.45, 7) is 6.30. The van der Waals surface area contributed by atoms with Crippen LogP contribution in [0.1, 0.15) is 36.7 Å². The molecular formula is C12H17N3O2S. The van der Waals surface area contributed by atoms with E-state index < -0.39 is 0 Å². The molecule has 0 bridgehead atoms. The normalized spacial score (nSPS) is 21.9. The zero-order chi connectivity index (χ0) is 13.3. The molecule has 1 aliphatic rings. The summed E-state index contributed by atoms with van der Waals surface area (Å²) < 4.78 is 0. The molecule has 2 unspecified atom stereocenters. The van der Waals surface area contributed by atoms with Crippen molar-refractivity contribution >= 4 is 23.3 Å². The molecule has 2 rings (SSSR count). The summed E-state index contributed by atoms with van der Waals surface area (Å²) in [7, 11) is 0. The molecule has 1 saturated heterocycles. The van der Waals surface area contributed by atoms with Crippen molar-refractivity contribution in [1.29, 1.82) is 0 Å². The summed E-state index contributed by atoms with van der Waals surface area (Å²) in [6.07, 6.45) is 2.80. The highest BCUT2D eigenvalue weighted by molar-refractivity contribution is 7.11. The molecule has 1 aromatic heterocycles. The van der Waals surface area contributed by atoms with Gasteiger partial charge in [0.1, 0.15) is 5.01 Å². The van der Waals surface area contributed by atoms with Gasteiger partial charge in [-0.15, -0.1) is 11.3 Å². The molecule has 1 N–H and O–H groups in total. The van der Waals surface area contributed by atoms with Crippen LogP contribution in [0, 0.1) is 5.92 Å². The predicted molar refractivity (Wildman–Crippen MR) is 69.3 cm³/mol. The average molecular weight is 267 g/mol. The lowest BCUT2D eigenvalue weighted by Gasteiger charge is -2.34. The van der Waals surface area contributed by atoms with Crippen molar-refractivity contribution in [3.63, 3.8) is 0 Å². The molecule has 0 aliphatic carbocycles. The van der Waals surface area contributed by atoms with E-state index >= 15 is 0 Å². The number of nitrogens with zero attached hydrogens (tertiary/aromatic N) is 2. The van der Waals surface area contributed by atoms with E-state index in [0.717, 1.165) is 11.4 Å². The summed E-state index contributed by atoms with van der Waals surface area (Å²) >= 11 is 1.62. The number of hydrogen-bond donors (Lipinski definition) is 1. The fourth-order valence-electron chi connectivity index (χ4n) is 1.91. The number of hydrogen-bond acceptors (Lipinski definition) is 4. The van der Waals surface area contributed by atoms with Crippen molar-refractivity contribution in [3.05, 3.63) is 16.1 Å². The first-order valence-electron chi connectivity index (χ1n) is 6.09. The second-order valence-electron chi connectivity index (χ2n) is 4.54. The Hall–Kier alpha value is -1.43. The number of nitrogens with one attached hydrogen (secondary N) is 1. The minimum Gasteiger partial charge on any atom is -0.314 e. The highest BCUT2D eigenvalue weighted by Crippen LogP contribution is 2.27. The van der Waals surface area contributed by atoms with E-state index in [1.165, 1.54) is 4.88 Å². The molecular weight excluding hydrogens is 250 g/mol. The number of amides is 3. The third-order valence-electron chi connectivity index (χ3n) is 3.15. The molecule has 98 valence electrons. The standard InChI is InChI=1S/C12H17N3O2S/c1-4-9-5-13-11(18-9)8(3)15-6-7(2)10(16)14-12(15)17/h5,7-8H,4,6H2,1-3H3,(H,14,16,17). The molecule has 6 heteroatoms. The lowest BCUT2D eigenvalue weighted by molar-refractivity contribution is -0.125. The average Bonchev–Trinajstić information content (AvgIpc) is 2.81. The maximum atomic E-state index is 11.8. The number of carbonyl (C=O) groups excluding carboxylic acids is 2. The van der Waals surface area contributed by atoms with Crippen LogP contribution in [0.5, 0.6) is 0 Å². The van der Waals surface area contributed by atoms with Gasteiger partial charge in [0.25, 0.3) is 0 Å². The van der Waals surface area contributed by atoms with Crippen LogP contribution >= 0.6 is 11.3 Å². The molecule has 2 heterocycles. The van der Waals surface area contributed by atoms with Crippen molar-refractivity contribution in [2.75, 3.05) is 6.54 Å². The van der Waals surface area contributed by atoms with Gasteiger partial charge in [0.2, 0.25) is 5.91 Å². The van der Waals surface area contributed by atoms with Gasteiger partial charge in [0.05, 0.1) is 12.0 Å². The van der Waals surface area contributed by atoms with E-state index in [9.17, 15) is 9.59 Å². The fraction of sp³-hybridized carbons (Fsp3) is 0.583. The van der Waals surface area contributed by atoms with E-state index in [4.69, 9.17) is 0 Å². The van der Waals surface area contributed by atoms with Gasteiger partial charge in [-0.1, -0.05) is 13.8 Å². The number of aromatic nitrogens is 1. The van der Waals surface area contributed by atoms with E-state index in [0.29, 0.717) is 6.54 Å². The molecule has 1 aliphatic heterocycles. The van der Waals surface area contributed by atoms with Crippen LogP contribution < -0.4 is 5.32 Å². The largest absolute Gasteiger partial charge is 0.324 e. The Labute approximate surface area is 110 Å².